The van der Waals surface area contributed by atoms with Crippen molar-refractivity contribution in [2.75, 3.05) is 13.2 Å². The first-order valence-corrected chi connectivity index (χ1v) is 16.7. The molecule has 3 aliphatic rings. The van der Waals surface area contributed by atoms with Gasteiger partial charge in [-0.2, -0.15) is 0 Å². The van der Waals surface area contributed by atoms with E-state index in [0.717, 1.165) is 12.1 Å². The number of aliphatic hydroxyl groups excluding tert-OH is 7. The van der Waals surface area contributed by atoms with Gasteiger partial charge < -0.3 is 89.7 Å². The molecule has 0 radical (unpaired) electrons. The molecule has 13 N–H and O–H groups in total. The maximum atomic E-state index is 12.4. The smallest absolute Gasteiger partial charge is 0.330 e. The molecule has 19 heteroatoms. The third-order valence-electron chi connectivity index (χ3n) is 9.06. The summed E-state index contributed by atoms with van der Waals surface area (Å²) in [4.78, 5) is 12.4. The number of benzene rings is 3. The Balaban J connectivity index is 1.21. The standard InChI is InChI=1S/C36H38O19/c37-12-25-28(44)30(46)32(48)36(54-25)53-24-11-17-20(41)9-16(38)10-22(17)51-34(24)15-3-5-19(40)23(8-15)52-35-33(49)31(47)29(45)26(55-35)13-50-27(43)6-2-14-1-4-18(39)21(42)7-14/h1-11,25-26,28-42,44-49H,12-13H2/p+1. The number of carbonyl (C=O) groups is 1. The van der Waals surface area contributed by atoms with Gasteiger partial charge in [0.15, 0.2) is 28.8 Å². The number of hydrogen-bond acceptors (Lipinski definition) is 18. The number of aliphatic hydroxyl groups is 8. The molecular formula is C36H39O19+. The number of ether oxygens (including phenoxy) is 6. The molecule has 3 heterocycles. The van der Waals surface area contributed by atoms with Gasteiger partial charge in [-0.25, -0.2) is 4.79 Å². The van der Waals surface area contributed by atoms with Gasteiger partial charge in [-0.15, -0.1) is 0 Å². The van der Waals surface area contributed by atoms with Gasteiger partial charge in [-0.1, -0.05) is 6.07 Å². The molecule has 0 bridgehead atoms. The van der Waals surface area contributed by atoms with Crippen molar-refractivity contribution in [3.8, 4) is 40.2 Å². The second-order valence-electron chi connectivity index (χ2n) is 12.9. The Morgan fingerprint density at radius 1 is 0.709 bits per heavy atom. The van der Waals surface area contributed by atoms with Crippen LogP contribution in [-0.4, -0.2) is 147 Å². The van der Waals surface area contributed by atoms with Crippen LogP contribution in [0.4, 0.5) is 0 Å². The molecule has 3 aliphatic heterocycles. The van der Waals surface area contributed by atoms with Crippen LogP contribution >= 0.6 is 0 Å². The van der Waals surface area contributed by atoms with Gasteiger partial charge in [0.2, 0.25) is 12.6 Å². The highest BCUT2D eigenvalue weighted by molar-refractivity contribution is 5.87. The molecule has 2 fully saturated rings. The Morgan fingerprint density at radius 2 is 1.36 bits per heavy atom. The Kier molecular flexibility index (Phi) is 11.6. The average Bonchev–Trinajstić information content (AvgIpc) is 3.15. The summed E-state index contributed by atoms with van der Waals surface area (Å²) in [5.41, 5.74) is 0.610. The van der Waals surface area contributed by atoms with Crippen molar-refractivity contribution in [1.29, 1.82) is 0 Å². The predicted molar refractivity (Wildman–Crippen MR) is 182 cm³/mol. The third-order valence-corrected chi connectivity index (χ3v) is 9.06. The van der Waals surface area contributed by atoms with Gasteiger partial charge in [0.25, 0.3) is 11.9 Å². The van der Waals surface area contributed by atoms with Crippen molar-refractivity contribution in [2.24, 2.45) is 0 Å². The highest BCUT2D eigenvalue weighted by Gasteiger charge is 2.48. The lowest BCUT2D eigenvalue weighted by Gasteiger charge is -2.40. The van der Waals surface area contributed by atoms with E-state index in [1.807, 2.05) is 0 Å². The van der Waals surface area contributed by atoms with Gasteiger partial charge >= 0.3 is 5.97 Å². The molecular weight excluding hydrogens is 736 g/mol. The first-order valence-electron chi connectivity index (χ1n) is 16.7. The maximum Gasteiger partial charge on any atom is 0.330 e. The number of phenols is 5. The number of hydrogen-bond donors (Lipinski definition) is 12. The summed E-state index contributed by atoms with van der Waals surface area (Å²) in [6.45, 7) is -1.38. The van der Waals surface area contributed by atoms with E-state index in [4.69, 9.17) is 23.7 Å². The molecule has 11 unspecified atom stereocenters. The van der Waals surface area contributed by atoms with Crippen molar-refractivity contribution in [3.05, 3.63) is 77.1 Å². The fraction of sp³-hybridized carbons (Fsp3) is 0.361. The lowest BCUT2D eigenvalue weighted by Crippen LogP contribution is -2.60. The summed E-state index contributed by atoms with van der Waals surface area (Å²) in [6.07, 6.45) is -14.7. The highest BCUT2D eigenvalue weighted by atomic mass is 16.7. The van der Waals surface area contributed by atoms with Gasteiger partial charge in [0, 0.05) is 18.2 Å². The minimum absolute atomic E-state index is 0.0794. The molecule has 0 saturated carbocycles. The molecule has 0 aliphatic carbocycles. The van der Waals surface area contributed by atoms with Crippen LogP contribution in [0, 0.1) is 0 Å². The Hall–Kier alpha value is -5.35. The number of fused-ring (bicyclic) bond motifs is 1. The van der Waals surface area contributed by atoms with E-state index in [0.29, 0.717) is 5.56 Å². The SMILES string of the molecule is O=C(C=Cc1ccc(O)c(O)c1)OCC1OC(Oc2cc(C3[OH+]c4cc(O)cc(O)c4C=C3OC3OC(CO)C(O)C(O)C3O)ccc2O)C(O)C(O)C1O. The Bertz CT molecular complexity index is 1930. The van der Waals surface area contributed by atoms with Crippen molar-refractivity contribution < 1.29 is 94.5 Å². The minimum Gasteiger partial charge on any atom is -0.571 e. The first-order chi connectivity index (χ1) is 26.1. The molecule has 55 heavy (non-hydrogen) atoms. The normalized spacial score (nSPS) is 30.5. The lowest BCUT2D eigenvalue weighted by atomic mass is 9.98. The average molecular weight is 776 g/mol. The fourth-order valence-corrected chi connectivity index (χ4v) is 6.02. The first kappa shape index (κ1) is 39.3. The molecule has 3 aromatic carbocycles. The van der Waals surface area contributed by atoms with Crippen LogP contribution in [0.3, 0.4) is 0 Å². The van der Waals surface area contributed by atoms with Gasteiger partial charge in [0.1, 0.15) is 72.5 Å². The zero-order valence-corrected chi connectivity index (χ0v) is 28.4. The Morgan fingerprint density at radius 3 is 2.05 bits per heavy atom. The Labute approximate surface area is 310 Å². The number of phenolic OH excluding ortho intramolecular Hbond substituents is 5. The van der Waals surface area contributed by atoms with Crippen LogP contribution in [0.15, 0.2) is 60.4 Å². The van der Waals surface area contributed by atoms with Crippen LogP contribution in [0.1, 0.15) is 22.8 Å². The van der Waals surface area contributed by atoms with Crippen molar-refractivity contribution >= 4 is 18.1 Å². The highest BCUT2D eigenvalue weighted by Crippen LogP contribution is 2.46. The van der Waals surface area contributed by atoms with E-state index in [1.54, 1.807) is 0 Å². The fourth-order valence-electron chi connectivity index (χ4n) is 6.02. The van der Waals surface area contributed by atoms with Crippen molar-refractivity contribution in [3.63, 3.8) is 0 Å². The molecule has 0 amide bonds. The van der Waals surface area contributed by atoms with E-state index < -0.39 is 104 Å². The van der Waals surface area contributed by atoms with E-state index >= 15 is 0 Å². The van der Waals surface area contributed by atoms with Crippen molar-refractivity contribution in [2.45, 2.75) is 67.5 Å². The lowest BCUT2D eigenvalue weighted by molar-refractivity contribution is -0.295. The van der Waals surface area contributed by atoms with Crippen molar-refractivity contribution in [1.82, 2.24) is 0 Å². The summed E-state index contributed by atoms with van der Waals surface area (Å²) < 4.78 is 32.5. The summed E-state index contributed by atoms with van der Waals surface area (Å²) in [6, 6.07) is 9.87. The monoisotopic (exact) mass is 775 g/mol. The number of aromatic hydroxyl groups is 6. The second kappa shape index (κ2) is 16.2. The zero-order chi connectivity index (χ0) is 39.7. The summed E-state index contributed by atoms with van der Waals surface area (Å²) in [5.74, 6) is -3.33. The molecule has 0 spiro atoms. The quantitative estimate of drug-likeness (QED) is 0.0499. The topological polar surface area (TPSA) is 319 Å². The third kappa shape index (κ3) is 8.34. The molecule has 0 aromatic heterocycles. The van der Waals surface area contributed by atoms with E-state index in [-0.39, 0.29) is 39.9 Å². The van der Waals surface area contributed by atoms with E-state index in [1.165, 1.54) is 54.6 Å². The summed E-state index contributed by atoms with van der Waals surface area (Å²) in [7, 11) is 0. The number of rotatable bonds is 10. The van der Waals surface area contributed by atoms with Crippen LogP contribution in [0.25, 0.3) is 12.2 Å². The predicted octanol–water partition coefficient (Wildman–Crippen LogP) is -1.19. The molecule has 19 nitrogen and oxygen atoms in total. The molecule has 2 saturated heterocycles. The zero-order valence-electron chi connectivity index (χ0n) is 28.4. The molecule has 6 rings (SSSR count). The van der Waals surface area contributed by atoms with Crippen LogP contribution in [0.5, 0.6) is 40.2 Å². The largest absolute Gasteiger partial charge is 0.571 e. The van der Waals surface area contributed by atoms with Crippen LogP contribution < -0.4 is 4.74 Å². The minimum atomic E-state index is -1.89. The molecule has 296 valence electrons. The number of carbonyl (C=O) groups excluding carboxylic acids is 1. The van der Waals surface area contributed by atoms with E-state index in [2.05, 4.69) is 4.74 Å². The number of esters is 1. The molecule has 3 aromatic rings. The maximum absolute atomic E-state index is 12.4. The van der Waals surface area contributed by atoms with E-state index in [9.17, 15) is 66.1 Å². The van der Waals surface area contributed by atoms with Gasteiger partial charge in [0.05, 0.1) is 18.2 Å². The summed E-state index contributed by atoms with van der Waals surface area (Å²) in [5, 5.41) is 123. The second-order valence-corrected chi connectivity index (χ2v) is 12.9. The van der Waals surface area contributed by atoms with Crippen LogP contribution in [0.2, 0.25) is 0 Å². The van der Waals surface area contributed by atoms with Gasteiger partial charge in [-0.3, -0.25) is 0 Å². The summed E-state index contributed by atoms with van der Waals surface area (Å²) >= 11 is 0. The van der Waals surface area contributed by atoms with Crippen LogP contribution in [-0.2, 0) is 23.7 Å². The van der Waals surface area contributed by atoms with Gasteiger partial charge in [-0.05, 0) is 42.0 Å². The molecule has 11 atom stereocenters.